The molecule has 2 rings (SSSR count). The summed E-state index contributed by atoms with van der Waals surface area (Å²) in [5.74, 6) is 0.110. The molecule has 0 aromatic carbocycles. The van der Waals surface area contributed by atoms with Crippen molar-refractivity contribution in [3.8, 4) is 0 Å². The van der Waals surface area contributed by atoms with Crippen LogP contribution in [0.1, 0.15) is 39.0 Å². The number of carbonyl (C=O) groups excluding carboxylic acids is 1. The minimum absolute atomic E-state index is 0.0478. The number of piperazine rings is 1. The van der Waals surface area contributed by atoms with E-state index in [1.54, 1.807) is 11.0 Å². The molecule has 1 saturated heterocycles. The number of thiophene rings is 1. The van der Waals surface area contributed by atoms with Gasteiger partial charge in [-0.1, -0.05) is 27.7 Å². The highest BCUT2D eigenvalue weighted by Gasteiger charge is 2.31. The Morgan fingerprint density at radius 2 is 1.78 bits per heavy atom. The molecule has 5 nitrogen and oxygen atoms in total. The summed E-state index contributed by atoms with van der Waals surface area (Å²) in [7, 11) is -3.42. The summed E-state index contributed by atoms with van der Waals surface area (Å²) in [5.41, 5.74) is -0.0478. The van der Waals surface area contributed by atoms with Gasteiger partial charge in [-0.2, -0.15) is 4.31 Å². The van der Waals surface area contributed by atoms with Crippen molar-refractivity contribution in [3.05, 3.63) is 17.0 Å². The quantitative estimate of drug-likeness (QED) is 0.831. The second kappa shape index (κ2) is 6.91. The minimum atomic E-state index is -3.42. The molecule has 1 aromatic rings. The fraction of sp³-hybridized carbons (Fsp3) is 0.688. The number of hydrogen-bond donors (Lipinski definition) is 0. The van der Waals surface area contributed by atoms with Crippen LogP contribution in [0.25, 0.3) is 0 Å². The van der Waals surface area contributed by atoms with E-state index in [9.17, 15) is 13.2 Å². The molecular formula is C16H26N2O3S2. The maximum Gasteiger partial charge on any atom is 0.252 e. The Hall–Kier alpha value is -0.920. The lowest BCUT2D eigenvalue weighted by atomic mass is 9.91. The van der Waals surface area contributed by atoms with E-state index in [1.807, 2.05) is 33.8 Å². The van der Waals surface area contributed by atoms with Crippen LogP contribution in [-0.2, 0) is 21.2 Å². The fourth-order valence-electron chi connectivity index (χ4n) is 2.56. The molecule has 1 aromatic heterocycles. The van der Waals surface area contributed by atoms with E-state index in [4.69, 9.17) is 0 Å². The molecule has 23 heavy (non-hydrogen) atoms. The summed E-state index contributed by atoms with van der Waals surface area (Å²) in [6.07, 6.45) is 1.33. The largest absolute Gasteiger partial charge is 0.340 e. The van der Waals surface area contributed by atoms with Gasteiger partial charge >= 0.3 is 0 Å². The average molecular weight is 359 g/mol. The third-order valence-electron chi connectivity index (χ3n) is 3.85. The lowest BCUT2D eigenvalue weighted by molar-refractivity contribution is -0.134. The van der Waals surface area contributed by atoms with Crippen LogP contribution in [0.2, 0.25) is 0 Å². The molecule has 0 aliphatic carbocycles. The molecule has 0 radical (unpaired) electrons. The zero-order valence-electron chi connectivity index (χ0n) is 14.3. The van der Waals surface area contributed by atoms with Gasteiger partial charge in [0.25, 0.3) is 10.0 Å². The highest BCUT2D eigenvalue weighted by atomic mass is 32.2. The van der Waals surface area contributed by atoms with Crippen LogP contribution < -0.4 is 0 Å². The van der Waals surface area contributed by atoms with Crippen LogP contribution in [0.15, 0.2) is 16.3 Å². The van der Waals surface area contributed by atoms with Crippen molar-refractivity contribution in [2.45, 2.75) is 44.7 Å². The van der Waals surface area contributed by atoms with Gasteiger partial charge in [0.05, 0.1) is 0 Å². The Bertz CT molecular complexity index is 651. The second-order valence-corrected chi connectivity index (χ2v) is 10.4. The average Bonchev–Trinajstić information content (AvgIpc) is 2.95. The Morgan fingerprint density at radius 1 is 1.17 bits per heavy atom. The number of nitrogens with zero attached hydrogens (tertiary/aromatic N) is 2. The van der Waals surface area contributed by atoms with Crippen LogP contribution in [0.4, 0.5) is 0 Å². The summed E-state index contributed by atoms with van der Waals surface area (Å²) in [4.78, 5) is 15.1. The zero-order chi connectivity index (χ0) is 17.3. The van der Waals surface area contributed by atoms with Crippen LogP contribution in [-0.4, -0.2) is 49.7 Å². The van der Waals surface area contributed by atoms with Gasteiger partial charge in [0, 0.05) is 37.5 Å². The first-order valence-electron chi connectivity index (χ1n) is 8.00. The molecule has 7 heteroatoms. The highest BCUT2D eigenvalue weighted by Crippen LogP contribution is 2.26. The van der Waals surface area contributed by atoms with E-state index in [0.29, 0.717) is 36.8 Å². The van der Waals surface area contributed by atoms with Gasteiger partial charge in [-0.15, -0.1) is 11.3 Å². The monoisotopic (exact) mass is 358 g/mol. The predicted molar refractivity (Wildman–Crippen MR) is 93.1 cm³/mol. The Labute approximate surface area is 143 Å². The topological polar surface area (TPSA) is 57.7 Å². The van der Waals surface area contributed by atoms with E-state index >= 15 is 0 Å². The number of hydrogen-bond acceptors (Lipinski definition) is 4. The van der Waals surface area contributed by atoms with E-state index in [-0.39, 0.29) is 11.3 Å². The highest BCUT2D eigenvalue weighted by molar-refractivity contribution is 7.91. The van der Waals surface area contributed by atoms with Crippen LogP contribution in [0.5, 0.6) is 0 Å². The smallest absolute Gasteiger partial charge is 0.252 e. The summed E-state index contributed by atoms with van der Waals surface area (Å²) in [6.45, 7) is 9.81. The van der Waals surface area contributed by atoms with E-state index in [1.165, 1.54) is 15.6 Å². The summed E-state index contributed by atoms with van der Waals surface area (Å²) < 4.78 is 27.2. The predicted octanol–water partition coefficient (Wildman–Crippen LogP) is 2.58. The van der Waals surface area contributed by atoms with Crippen molar-refractivity contribution in [3.63, 3.8) is 0 Å². The number of carbonyl (C=O) groups is 1. The van der Waals surface area contributed by atoms with Crippen LogP contribution >= 0.6 is 11.3 Å². The molecule has 0 spiro atoms. The molecule has 1 aliphatic heterocycles. The minimum Gasteiger partial charge on any atom is -0.340 e. The SMILES string of the molecule is CCc1ccc(S(=O)(=O)N2CCN(C(=O)CC(C)(C)C)CC2)s1. The molecule has 2 heterocycles. The molecule has 0 saturated carbocycles. The third kappa shape index (κ3) is 4.55. The zero-order valence-corrected chi connectivity index (χ0v) is 16.0. The van der Waals surface area contributed by atoms with Gasteiger partial charge in [-0.25, -0.2) is 8.42 Å². The number of rotatable bonds is 4. The Kier molecular flexibility index (Phi) is 5.53. The first-order valence-corrected chi connectivity index (χ1v) is 10.3. The second-order valence-electron chi connectivity index (χ2n) is 7.10. The fourth-order valence-corrected chi connectivity index (χ4v) is 5.43. The van der Waals surface area contributed by atoms with Gasteiger partial charge < -0.3 is 4.90 Å². The molecule has 130 valence electrons. The summed E-state index contributed by atoms with van der Waals surface area (Å²) >= 11 is 1.34. The van der Waals surface area contributed by atoms with E-state index in [0.717, 1.165) is 11.3 Å². The first-order chi connectivity index (χ1) is 10.6. The number of amides is 1. The molecule has 0 atom stereocenters. The van der Waals surface area contributed by atoms with Gasteiger partial charge in [0.2, 0.25) is 5.91 Å². The van der Waals surface area contributed by atoms with E-state index < -0.39 is 10.0 Å². The van der Waals surface area contributed by atoms with Gasteiger partial charge in [0.15, 0.2) is 0 Å². The van der Waals surface area contributed by atoms with E-state index in [2.05, 4.69) is 0 Å². The van der Waals surface area contributed by atoms with Crippen molar-refractivity contribution < 1.29 is 13.2 Å². The van der Waals surface area contributed by atoms with Crippen LogP contribution in [0, 0.1) is 5.41 Å². The van der Waals surface area contributed by atoms with Crippen molar-refractivity contribution in [1.29, 1.82) is 0 Å². The Morgan fingerprint density at radius 3 is 2.26 bits per heavy atom. The maximum absolute atomic E-state index is 12.7. The molecule has 0 N–H and O–H groups in total. The summed E-state index contributed by atoms with van der Waals surface area (Å²) in [6, 6.07) is 3.57. The molecular weight excluding hydrogens is 332 g/mol. The lowest BCUT2D eigenvalue weighted by Gasteiger charge is -2.35. The molecule has 0 bridgehead atoms. The van der Waals surface area contributed by atoms with Crippen LogP contribution in [0.3, 0.4) is 0 Å². The van der Waals surface area contributed by atoms with Gasteiger partial charge in [-0.05, 0) is 24.0 Å². The summed E-state index contributed by atoms with van der Waals surface area (Å²) in [5, 5.41) is 0. The van der Waals surface area contributed by atoms with Crippen molar-refractivity contribution in [2.75, 3.05) is 26.2 Å². The maximum atomic E-state index is 12.7. The van der Waals surface area contributed by atoms with Crippen molar-refractivity contribution in [1.82, 2.24) is 9.21 Å². The first kappa shape index (κ1) is 18.4. The van der Waals surface area contributed by atoms with Crippen molar-refractivity contribution in [2.24, 2.45) is 5.41 Å². The Balaban J connectivity index is 1.99. The van der Waals surface area contributed by atoms with Crippen molar-refractivity contribution >= 4 is 27.3 Å². The molecule has 0 unspecified atom stereocenters. The molecule has 1 aliphatic rings. The molecule has 1 fully saturated rings. The molecule has 1 amide bonds. The van der Waals surface area contributed by atoms with Gasteiger partial charge in [-0.3, -0.25) is 4.79 Å². The third-order valence-corrected chi connectivity index (χ3v) is 7.45. The standard InChI is InChI=1S/C16H26N2O3S2/c1-5-13-6-7-15(22-13)23(20,21)18-10-8-17(9-11-18)14(19)12-16(2,3)4/h6-7H,5,8-12H2,1-4H3. The number of aryl methyl sites for hydroxylation is 1. The number of sulfonamides is 1. The lowest BCUT2D eigenvalue weighted by Crippen LogP contribution is -2.50. The normalized spacial score (nSPS) is 17.5. The van der Waals surface area contributed by atoms with Gasteiger partial charge in [0.1, 0.15) is 4.21 Å².